The summed E-state index contributed by atoms with van der Waals surface area (Å²) in [5, 5.41) is 1.62. The Morgan fingerprint density at radius 3 is 2.65 bits per heavy atom. The van der Waals surface area contributed by atoms with Crippen molar-refractivity contribution >= 4 is 34.3 Å². The molecule has 0 aliphatic heterocycles. The van der Waals surface area contributed by atoms with Crippen LogP contribution >= 0.6 is 23.4 Å². The SMILES string of the molecule is NC(CSc1ccccc1)c1cc2cccc(Cl)c2o1. The first-order valence-corrected chi connectivity index (χ1v) is 7.72. The second kappa shape index (κ2) is 5.92. The Bertz CT molecular complexity index is 711. The summed E-state index contributed by atoms with van der Waals surface area (Å²) in [6, 6.07) is 17.7. The first-order valence-electron chi connectivity index (χ1n) is 6.35. The molecule has 0 amide bonds. The Hall–Kier alpha value is -1.42. The lowest BCUT2D eigenvalue weighted by Gasteiger charge is -2.07. The molecule has 3 rings (SSSR count). The zero-order valence-electron chi connectivity index (χ0n) is 10.8. The number of hydrogen-bond acceptors (Lipinski definition) is 3. The molecule has 0 aliphatic carbocycles. The molecule has 1 aromatic heterocycles. The minimum Gasteiger partial charge on any atom is -0.458 e. The number of thioether (sulfide) groups is 1. The third-order valence-electron chi connectivity index (χ3n) is 3.05. The van der Waals surface area contributed by atoms with Crippen LogP contribution in [-0.4, -0.2) is 5.75 Å². The quantitative estimate of drug-likeness (QED) is 0.698. The van der Waals surface area contributed by atoms with Crippen LogP contribution in [0.4, 0.5) is 0 Å². The molecular weight excluding hydrogens is 290 g/mol. The fourth-order valence-corrected chi connectivity index (χ4v) is 3.12. The van der Waals surface area contributed by atoms with Crippen molar-refractivity contribution in [1.29, 1.82) is 0 Å². The van der Waals surface area contributed by atoms with Crippen LogP contribution in [0.1, 0.15) is 11.8 Å². The summed E-state index contributed by atoms with van der Waals surface area (Å²) in [6.07, 6.45) is 0. The number of fused-ring (bicyclic) bond motifs is 1. The topological polar surface area (TPSA) is 39.2 Å². The van der Waals surface area contributed by atoms with Crippen molar-refractivity contribution in [1.82, 2.24) is 0 Å². The summed E-state index contributed by atoms with van der Waals surface area (Å²) >= 11 is 7.83. The predicted octanol–water partition coefficient (Wildman–Crippen LogP) is 4.88. The summed E-state index contributed by atoms with van der Waals surface area (Å²) in [6.45, 7) is 0. The number of nitrogens with two attached hydrogens (primary N) is 1. The molecule has 0 aliphatic rings. The summed E-state index contributed by atoms with van der Waals surface area (Å²) in [7, 11) is 0. The number of benzene rings is 2. The average Bonchev–Trinajstić information content (AvgIpc) is 2.91. The molecule has 0 fully saturated rings. The van der Waals surface area contributed by atoms with Gasteiger partial charge in [0.25, 0.3) is 0 Å². The number of furan rings is 1. The first-order chi connectivity index (χ1) is 9.74. The summed E-state index contributed by atoms with van der Waals surface area (Å²) < 4.78 is 5.78. The summed E-state index contributed by atoms with van der Waals surface area (Å²) in [5.74, 6) is 1.54. The predicted molar refractivity (Wildman–Crippen MR) is 85.3 cm³/mol. The van der Waals surface area contributed by atoms with Gasteiger partial charge in [0.1, 0.15) is 5.76 Å². The maximum absolute atomic E-state index is 6.20. The highest BCUT2D eigenvalue weighted by Crippen LogP contribution is 2.30. The Kier molecular flexibility index (Phi) is 4.01. The van der Waals surface area contributed by atoms with E-state index >= 15 is 0 Å². The van der Waals surface area contributed by atoms with Gasteiger partial charge in [-0.05, 0) is 24.3 Å². The molecule has 0 bridgehead atoms. The van der Waals surface area contributed by atoms with E-state index in [4.69, 9.17) is 21.8 Å². The van der Waals surface area contributed by atoms with Gasteiger partial charge in [-0.15, -0.1) is 11.8 Å². The third-order valence-corrected chi connectivity index (χ3v) is 4.48. The van der Waals surface area contributed by atoms with E-state index in [1.807, 2.05) is 42.5 Å². The highest BCUT2D eigenvalue weighted by molar-refractivity contribution is 7.99. The van der Waals surface area contributed by atoms with Gasteiger partial charge >= 0.3 is 0 Å². The molecule has 0 saturated heterocycles. The maximum Gasteiger partial charge on any atom is 0.152 e. The van der Waals surface area contributed by atoms with E-state index in [0.29, 0.717) is 10.6 Å². The molecule has 20 heavy (non-hydrogen) atoms. The molecular formula is C16H14ClNOS. The van der Waals surface area contributed by atoms with Crippen molar-refractivity contribution in [3.8, 4) is 0 Å². The molecule has 2 aromatic carbocycles. The second-order valence-corrected chi connectivity index (χ2v) is 6.04. The second-order valence-electron chi connectivity index (χ2n) is 4.54. The van der Waals surface area contributed by atoms with E-state index in [-0.39, 0.29) is 6.04 Å². The van der Waals surface area contributed by atoms with Crippen molar-refractivity contribution in [3.05, 3.63) is 65.4 Å². The minimum atomic E-state index is -0.149. The van der Waals surface area contributed by atoms with Crippen LogP contribution in [-0.2, 0) is 0 Å². The van der Waals surface area contributed by atoms with Crippen LogP contribution in [0.3, 0.4) is 0 Å². The molecule has 1 atom stereocenters. The lowest BCUT2D eigenvalue weighted by atomic mass is 10.2. The standard InChI is InChI=1S/C16H14ClNOS/c17-13-8-4-5-11-9-15(19-16(11)13)14(18)10-20-12-6-2-1-3-7-12/h1-9,14H,10,18H2. The van der Waals surface area contributed by atoms with Crippen LogP contribution in [0.2, 0.25) is 5.02 Å². The minimum absolute atomic E-state index is 0.149. The van der Waals surface area contributed by atoms with Gasteiger partial charge < -0.3 is 10.2 Å². The molecule has 2 N–H and O–H groups in total. The zero-order valence-corrected chi connectivity index (χ0v) is 12.3. The van der Waals surface area contributed by atoms with Crippen LogP contribution in [0, 0.1) is 0 Å². The molecule has 102 valence electrons. The summed E-state index contributed by atoms with van der Waals surface area (Å²) in [5.41, 5.74) is 6.91. The largest absolute Gasteiger partial charge is 0.458 e. The van der Waals surface area contributed by atoms with E-state index in [1.54, 1.807) is 11.8 Å². The molecule has 2 nitrogen and oxygen atoms in total. The lowest BCUT2D eigenvalue weighted by Crippen LogP contribution is -2.11. The van der Waals surface area contributed by atoms with Crippen molar-refractivity contribution in [2.45, 2.75) is 10.9 Å². The van der Waals surface area contributed by atoms with Crippen LogP contribution < -0.4 is 5.73 Å². The zero-order chi connectivity index (χ0) is 13.9. The van der Waals surface area contributed by atoms with Crippen molar-refractivity contribution in [2.24, 2.45) is 5.73 Å². The molecule has 0 spiro atoms. The fraction of sp³-hybridized carbons (Fsp3) is 0.125. The smallest absolute Gasteiger partial charge is 0.152 e. The van der Waals surface area contributed by atoms with Crippen LogP contribution in [0.5, 0.6) is 0 Å². The van der Waals surface area contributed by atoms with Gasteiger partial charge in [-0.25, -0.2) is 0 Å². The van der Waals surface area contributed by atoms with Gasteiger partial charge in [-0.1, -0.05) is 41.9 Å². The van der Waals surface area contributed by atoms with E-state index < -0.39 is 0 Å². The number of rotatable bonds is 4. The molecule has 1 heterocycles. The monoisotopic (exact) mass is 303 g/mol. The van der Waals surface area contributed by atoms with Gasteiger partial charge in [0.15, 0.2) is 5.58 Å². The van der Waals surface area contributed by atoms with E-state index in [1.165, 1.54) is 4.90 Å². The molecule has 0 radical (unpaired) electrons. The fourth-order valence-electron chi connectivity index (χ4n) is 2.02. The van der Waals surface area contributed by atoms with Gasteiger partial charge in [-0.2, -0.15) is 0 Å². The van der Waals surface area contributed by atoms with Gasteiger partial charge in [0.2, 0.25) is 0 Å². The molecule has 4 heteroatoms. The Labute approximate surface area is 126 Å². The number of hydrogen-bond donors (Lipinski definition) is 1. The first kappa shape index (κ1) is 13.6. The Balaban J connectivity index is 1.75. The molecule has 1 unspecified atom stereocenters. The third kappa shape index (κ3) is 2.85. The Morgan fingerprint density at radius 2 is 1.90 bits per heavy atom. The highest BCUT2D eigenvalue weighted by atomic mass is 35.5. The molecule has 0 saturated carbocycles. The molecule has 3 aromatic rings. The van der Waals surface area contributed by atoms with E-state index in [9.17, 15) is 0 Å². The van der Waals surface area contributed by atoms with E-state index in [2.05, 4.69) is 12.1 Å². The van der Waals surface area contributed by atoms with Crippen LogP contribution in [0.25, 0.3) is 11.0 Å². The van der Waals surface area contributed by atoms with E-state index in [0.717, 1.165) is 16.9 Å². The highest BCUT2D eigenvalue weighted by Gasteiger charge is 2.13. The normalized spacial score (nSPS) is 12.7. The number of halogens is 1. The Morgan fingerprint density at radius 1 is 1.10 bits per heavy atom. The van der Waals surface area contributed by atoms with Crippen LogP contribution in [0.15, 0.2) is 63.9 Å². The average molecular weight is 304 g/mol. The van der Waals surface area contributed by atoms with Crippen molar-refractivity contribution in [3.63, 3.8) is 0 Å². The maximum atomic E-state index is 6.20. The van der Waals surface area contributed by atoms with Crippen molar-refractivity contribution in [2.75, 3.05) is 5.75 Å². The van der Waals surface area contributed by atoms with Gasteiger partial charge in [0, 0.05) is 16.0 Å². The lowest BCUT2D eigenvalue weighted by molar-refractivity contribution is 0.516. The van der Waals surface area contributed by atoms with Gasteiger partial charge in [0.05, 0.1) is 11.1 Å². The summed E-state index contributed by atoms with van der Waals surface area (Å²) in [4.78, 5) is 1.21. The van der Waals surface area contributed by atoms with Crippen molar-refractivity contribution < 1.29 is 4.42 Å². The number of para-hydroxylation sites is 1. The van der Waals surface area contributed by atoms with Gasteiger partial charge in [-0.3, -0.25) is 0 Å².